The first-order valence-corrected chi connectivity index (χ1v) is 9.44. The van der Waals surface area contributed by atoms with E-state index in [2.05, 4.69) is 23.1 Å². The Labute approximate surface area is 185 Å². The van der Waals surface area contributed by atoms with Crippen LogP contribution >= 0.6 is 24.8 Å². The lowest BCUT2D eigenvalue weighted by atomic mass is 10.1. The van der Waals surface area contributed by atoms with Gasteiger partial charge in [0.05, 0.1) is 14.2 Å². The molecule has 0 aromatic heterocycles. The zero-order valence-corrected chi connectivity index (χ0v) is 18.6. The number of carbonyl (C=O) groups excluding carboxylic acids is 1. The number of benzene rings is 2. The van der Waals surface area contributed by atoms with E-state index in [0.717, 1.165) is 50.6 Å². The summed E-state index contributed by atoms with van der Waals surface area (Å²) in [4.78, 5) is 16.8. The Bertz CT molecular complexity index is 751. The molecule has 7 heteroatoms. The third-order valence-corrected chi connectivity index (χ3v) is 5.05. The third-order valence-electron chi connectivity index (χ3n) is 5.05. The van der Waals surface area contributed by atoms with E-state index in [1.807, 2.05) is 35.2 Å². The summed E-state index contributed by atoms with van der Waals surface area (Å²) < 4.78 is 10.7. The molecular weight excluding hydrogens is 411 g/mol. The lowest BCUT2D eigenvalue weighted by Crippen LogP contribution is -2.48. The van der Waals surface area contributed by atoms with Gasteiger partial charge >= 0.3 is 0 Å². The molecule has 1 fully saturated rings. The van der Waals surface area contributed by atoms with E-state index in [4.69, 9.17) is 9.47 Å². The second-order valence-corrected chi connectivity index (χ2v) is 6.83. The standard InChI is InChI=1S/C22H28N2O3.2ClH/c1-26-20-10-8-19(16-21(20)27-2)17-23-12-14-24(15-13-23)22(25)11-9-18-6-4-3-5-7-18;;/h3-8,10,16H,9,11-15,17H2,1-2H3;2*1H. The predicted octanol–water partition coefficient (Wildman–Crippen LogP) is 3.82. The maximum absolute atomic E-state index is 12.5. The molecule has 0 atom stereocenters. The van der Waals surface area contributed by atoms with Crippen molar-refractivity contribution in [1.29, 1.82) is 0 Å². The van der Waals surface area contributed by atoms with Crippen LogP contribution in [-0.2, 0) is 17.8 Å². The maximum atomic E-state index is 12.5. The number of rotatable bonds is 7. The van der Waals surface area contributed by atoms with Crippen LogP contribution in [0.15, 0.2) is 48.5 Å². The van der Waals surface area contributed by atoms with Gasteiger partial charge in [0, 0.05) is 39.1 Å². The Hall–Kier alpha value is -1.95. The molecule has 160 valence electrons. The van der Waals surface area contributed by atoms with Crippen molar-refractivity contribution >= 4 is 30.7 Å². The lowest BCUT2D eigenvalue weighted by molar-refractivity contribution is -0.133. The first kappa shape index (κ1) is 25.1. The van der Waals surface area contributed by atoms with Crippen LogP contribution in [0, 0.1) is 0 Å². The predicted molar refractivity (Wildman–Crippen MR) is 121 cm³/mol. The second kappa shape index (κ2) is 12.6. The highest BCUT2D eigenvalue weighted by atomic mass is 35.5. The van der Waals surface area contributed by atoms with Gasteiger partial charge in [0.25, 0.3) is 0 Å². The molecule has 1 heterocycles. The van der Waals surface area contributed by atoms with Crippen molar-refractivity contribution in [3.05, 3.63) is 59.7 Å². The Balaban J connectivity index is 0.00000210. The Morgan fingerprint density at radius 2 is 1.52 bits per heavy atom. The van der Waals surface area contributed by atoms with Crippen LogP contribution in [0.1, 0.15) is 17.5 Å². The summed E-state index contributed by atoms with van der Waals surface area (Å²) in [5.41, 5.74) is 2.41. The van der Waals surface area contributed by atoms with Crippen molar-refractivity contribution in [3.63, 3.8) is 0 Å². The number of amides is 1. The summed E-state index contributed by atoms with van der Waals surface area (Å²) in [5.74, 6) is 1.75. The molecule has 29 heavy (non-hydrogen) atoms. The number of ether oxygens (including phenoxy) is 2. The van der Waals surface area contributed by atoms with Gasteiger partial charge in [-0.15, -0.1) is 24.8 Å². The number of piperazine rings is 1. The van der Waals surface area contributed by atoms with Gasteiger partial charge in [-0.2, -0.15) is 0 Å². The summed E-state index contributed by atoms with van der Waals surface area (Å²) in [6.07, 6.45) is 1.39. The van der Waals surface area contributed by atoms with E-state index in [1.165, 1.54) is 11.1 Å². The van der Waals surface area contributed by atoms with Crippen molar-refractivity contribution in [1.82, 2.24) is 9.80 Å². The summed E-state index contributed by atoms with van der Waals surface area (Å²) in [6, 6.07) is 16.2. The van der Waals surface area contributed by atoms with Crippen molar-refractivity contribution in [3.8, 4) is 11.5 Å². The summed E-state index contributed by atoms with van der Waals surface area (Å²) in [7, 11) is 3.30. The summed E-state index contributed by atoms with van der Waals surface area (Å²) >= 11 is 0. The van der Waals surface area contributed by atoms with Gasteiger partial charge in [0.1, 0.15) is 0 Å². The van der Waals surface area contributed by atoms with Gasteiger partial charge in [-0.3, -0.25) is 9.69 Å². The average Bonchev–Trinajstić information content (AvgIpc) is 2.73. The largest absolute Gasteiger partial charge is 0.493 e. The molecule has 1 amide bonds. The highest BCUT2D eigenvalue weighted by Crippen LogP contribution is 2.28. The highest BCUT2D eigenvalue weighted by molar-refractivity contribution is 5.85. The van der Waals surface area contributed by atoms with Crippen LogP contribution in [0.4, 0.5) is 0 Å². The van der Waals surface area contributed by atoms with Crippen LogP contribution in [0.3, 0.4) is 0 Å². The number of hydrogen-bond acceptors (Lipinski definition) is 4. The number of methoxy groups -OCH3 is 2. The van der Waals surface area contributed by atoms with E-state index in [0.29, 0.717) is 6.42 Å². The van der Waals surface area contributed by atoms with Gasteiger partial charge in [-0.25, -0.2) is 0 Å². The number of halogens is 2. The van der Waals surface area contributed by atoms with Crippen molar-refractivity contribution in [2.45, 2.75) is 19.4 Å². The second-order valence-electron chi connectivity index (χ2n) is 6.83. The molecule has 1 saturated heterocycles. The first-order chi connectivity index (χ1) is 13.2. The maximum Gasteiger partial charge on any atom is 0.222 e. The summed E-state index contributed by atoms with van der Waals surface area (Å²) in [5, 5.41) is 0. The molecule has 5 nitrogen and oxygen atoms in total. The van der Waals surface area contributed by atoms with Crippen LogP contribution in [0.5, 0.6) is 11.5 Å². The Kier molecular flexibility index (Phi) is 10.9. The smallest absolute Gasteiger partial charge is 0.222 e. The van der Waals surface area contributed by atoms with Crippen LogP contribution in [0.2, 0.25) is 0 Å². The van der Waals surface area contributed by atoms with Crippen LogP contribution < -0.4 is 9.47 Å². The van der Waals surface area contributed by atoms with Gasteiger partial charge in [-0.05, 0) is 29.7 Å². The van der Waals surface area contributed by atoms with E-state index < -0.39 is 0 Å². The fourth-order valence-corrected chi connectivity index (χ4v) is 3.45. The van der Waals surface area contributed by atoms with Gasteiger partial charge < -0.3 is 14.4 Å². The lowest BCUT2D eigenvalue weighted by Gasteiger charge is -2.35. The minimum Gasteiger partial charge on any atom is -0.493 e. The van der Waals surface area contributed by atoms with Crippen LogP contribution in [-0.4, -0.2) is 56.1 Å². The molecule has 0 bridgehead atoms. The SMILES string of the molecule is COc1ccc(CN2CCN(C(=O)CCc3ccccc3)CC2)cc1OC.Cl.Cl. The van der Waals surface area contributed by atoms with Crippen molar-refractivity contribution in [2.24, 2.45) is 0 Å². The number of aryl methyl sites for hydroxylation is 1. The number of nitrogens with zero attached hydrogens (tertiary/aromatic N) is 2. The van der Waals surface area contributed by atoms with Gasteiger partial charge in [0.2, 0.25) is 5.91 Å². The molecule has 0 spiro atoms. The fraction of sp³-hybridized carbons (Fsp3) is 0.409. The third kappa shape index (κ3) is 7.11. The number of carbonyl (C=O) groups is 1. The minimum atomic E-state index is 0. The molecule has 2 aromatic rings. The topological polar surface area (TPSA) is 42.0 Å². The summed E-state index contributed by atoms with van der Waals surface area (Å²) in [6.45, 7) is 4.23. The Morgan fingerprint density at radius 3 is 2.14 bits per heavy atom. The van der Waals surface area contributed by atoms with E-state index in [9.17, 15) is 4.79 Å². The van der Waals surface area contributed by atoms with E-state index in [-0.39, 0.29) is 30.7 Å². The van der Waals surface area contributed by atoms with Crippen molar-refractivity contribution in [2.75, 3.05) is 40.4 Å². The Morgan fingerprint density at radius 1 is 0.862 bits per heavy atom. The molecule has 2 aromatic carbocycles. The first-order valence-electron chi connectivity index (χ1n) is 9.44. The normalized spacial score (nSPS) is 13.8. The molecular formula is C22H30Cl2N2O3. The molecule has 0 radical (unpaired) electrons. The highest BCUT2D eigenvalue weighted by Gasteiger charge is 2.21. The molecule has 0 saturated carbocycles. The monoisotopic (exact) mass is 440 g/mol. The molecule has 3 rings (SSSR count). The van der Waals surface area contributed by atoms with Crippen LogP contribution in [0.25, 0.3) is 0 Å². The van der Waals surface area contributed by atoms with E-state index in [1.54, 1.807) is 14.2 Å². The zero-order valence-electron chi connectivity index (χ0n) is 17.0. The van der Waals surface area contributed by atoms with Crippen molar-refractivity contribution < 1.29 is 14.3 Å². The van der Waals surface area contributed by atoms with E-state index >= 15 is 0 Å². The van der Waals surface area contributed by atoms with Gasteiger partial charge in [-0.1, -0.05) is 36.4 Å². The quantitative estimate of drug-likeness (QED) is 0.655. The fourth-order valence-electron chi connectivity index (χ4n) is 3.45. The molecule has 0 N–H and O–H groups in total. The average molecular weight is 441 g/mol. The zero-order chi connectivity index (χ0) is 19.1. The molecule has 0 aliphatic carbocycles. The molecule has 0 unspecified atom stereocenters. The van der Waals surface area contributed by atoms with Gasteiger partial charge in [0.15, 0.2) is 11.5 Å². The number of hydrogen-bond donors (Lipinski definition) is 0. The molecule has 1 aliphatic heterocycles. The molecule has 1 aliphatic rings. The minimum absolute atomic E-state index is 0.